The van der Waals surface area contributed by atoms with Gasteiger partial charge in [-0.15, -0.1) is 38.0 Å². The van der Waals surface area contributed by atoms with Gasteiger partial charge in [-0.1, -0.05) is 42.5 Å². The molecule has 9 atom stereocenters. The van der Waals surface area contributed by atoms with Gasteiger partial charge in [0.2, 0.25) is 49.5 Å². The molecule has 4 aliphatic carbocycles. The molecule has 94 heavy (non-hydrogen) atoms. The van der Waals surface area contributed by atoms with Crippen LogP contribution in [0.25, 0.3) is 21.5 Å². The molecule has 26 nitrogen and oxygen atoms in total. The fraction of sp³-hybridized carbons (Fsp3) is 0.453. The number of nitrogens with zero attached hydrogens (tertiary/aromatic N) is 3. The van der Waals surface area contributed by atoms with Crippen molar-refractivity contribution in [3.8, 4) is 23.3 Å². The molecule has 6 fully saturated rings. The van der Waals surface area contributed by atoms with Gasteiger partial charge in [-0.25, -0.2) is 31.6 Å². The Hall–Kier alpha value is -8.31. The van der Waals surface area contributed by atoms with Gasteiger partial charge >= 0.3 is 12.1 Å². The maximum absolute atomic E-state index is 14.6. The van der Waals surface area contributed by atoms with Crippen LogP contribution in [0.5, 0.6) is 23.3 Å². The van der Waals surface area contributed by atoms with Gasteiger partial charge in [-0.2, -0.15) is 0 Å². The first-order chi connectivity index (χ1) is 43.8. The van der Waals surface area contributed by atoms with E-state index < -0.39 is 119 Å². The minimum atomic E-state index is -3.96. The topological polar surface area (TPSA) is 344 Å². The van der Waals surface area contributed by atoms with E-state index in [2.05, 4.69) is 53.8 Å². The normalized spacial score (nSPS) is 23.7. The van der Waals surface area contributed by atoms with E-state index in [0.29, 0.717) is 67.6 Å². The number of carbonyl (C=O) groups is 7. The molecule has 3 aromatic carbocycles. The third-order valence-corrected chi connectivity index (χ3v) is 20.4. The number of esters is 1. The van der Waals surface area contributed by atoms with Crippen LogP contribution in [-0.2, 0) is 64.9 Å². The molecule has 0 bridgehead atoms. The number of sulfonamides is 2. The summed E-state index contributed by atoms with van der Waals surface area (Å²) in [5.74, 6) is -3.30. The van der Waals surface area contributed by atoms with Gasteiger partial charge in [0.1, 0.15) is 59.1 Å². The first-order valence-corrected chi connectivity index (χ1v) is 33.3. The van der Waals surface area contributed by atoms with Crippen LogP contribution in [0.4, 0.5) is 4.79 Å². The number of methoxy groups -OCH3 is 2. The molecule has 4 heterocycles. The monoisotopic (exact) mass is 1380 g/mol. The lowest BCUT2D eigenvalue weighted by Crippen LogP contribution is -2.58. The quantitative estimate of drug-likeness (QED) is 0.0343. The van der Waals surface area contributed by atoms with E-state index in [1.54, 1.807) is 102 Å². The zero-order valence-electron chi connectivity index (χ0n) is 52.3. The molecule has 30 heteroatoms. The largest absolute Gasteiger partial charge is 0.497 e. The zero-order chi connectivity index (χ0) is 65.9. The van der Waals surface area contributed by atoms with Crippen molar-refractivity contribution in [2.45, 2.75) is 143 Å². The fourth-order valence-electron chi connectivity index (χ4n) is 11.2. The van der Waals surface area contributed by atoms with Gasteiger partial charge in [0.15, 0.2) is 0 Å². The molecule has 506 valence electrons. The summed E-state index contributed by atoms with van der Waals surface area (Å²) in [6.07, 6.45) is 6.06. The van der Waals surface area contributed by atoms with Gasteiger partial charge in [0.05, 0.1) is 43.7 Å². The molecule has 6 aliphatic rings. The Morgan fingerprint density at radius 3 is 1.69 bits per heavy atom. The van der Waals surface area contributed by atoms with Crippen molar-refractivity contribution < 1.29 is 78.8 Å². The lowest BCUT2D eigenvalue weighted by atomic mass is 10.1. The van der Waals surface area contributed by atoms with Crippen molar-refractivity contribution in [2.75, 3.05) is 27.3 Å². The third-order valence-electron chi connectivity index (χ3n) is 16.8. The van der Waals surface area contributed by atoms with Crippen LogP contribution < -0.4 is 49.7 Å². The molecule has 2 aromatic heterocycles. The fourth-order valence-corrected chi connectivity index (χ4v) is 14.0. The van der Waals surface area contributed by atoms with Crippen LogP contribution >= 0.6 is 24.8 Å². The standard InChI is InChI=1S/C40H47N5O11S.C24H28N4O6S.2ClH/c1-6-26-21-40(26,37(49)44-57(51,52)29-13-14-29)43-34(47)32-19-28(55-35-30-15-12-27(53-5)18-25(30)16-17-41-35)22-45(32)36(48)31(42-38(50)56-39(2,3)4)20-33(46)54-23-24-10-8-7-9-11-24;1-3-15-12-24(15,23(30)28-35(31,32)18-5-6-18)27-21(29)20-11-17(13-26-20)34-22-19-7-4-16(33-2)10-14(19)8-9-25-22;;/h6-12,15-18,26,28-29,31-32H,1,13-14,19-23H2,2-5H3,(H,42,50)(H,43,47)(H,44,49);3-4,7-10,15,17-18,20,26H,1,5-6,11-13H2,2H3,(H,27,29)(H,28,30);2*1H/t26-,28-,31+,32+,40-;15-,17-,20+,24-;;/m11../s1. The number of halogens is 2. The van der Waals surface area contributed by atoms with E-state index in [9.17, 15) is 50.4 Å². The predicted octanol–water partition coefficient (Wildman–Crippen LogP) is 5.15. The summed E-state index contributed by atoms with van der Waals surface area (Å²) in [7, 11) is -4.53. The third kappa shape index (κ3) is 16.8. The average Bonchev–Trinajstić information content (AvgIpc) is 1.59. The summed E-state index contributed by atoms with van der Waals surface area (Å²) >= 11 is 0. The zero-order valence-corrected chi connectivity index (χ0v) is 55.6. The van der Waals surface area contributed by atoms with Crippen molar-refractivity contribution in [3.05, 3.63) is 122 Å². The molecule has 2 saturated heterocycles. The number of ether oxygens (including phenoxy) is 6. The second-order valence-electron chi connectivity index (χ2n) is 24.7. The Morgan fingerprint density at radius 2 is 1.21 bits per heavy atom. The van der Waals surface area contributed by atoms with E-state index >= 15 is 0 Å². The highest BCUT2D eigenvalue weighted by Gasteiger charge is 2.63. The first kappa shape index (κ1) is 71.5. The maximum Gasteiger partial charge on any atom is 0.408 e. The number of nitrogens with one attached hydrogen (secondary N) is 6. The van der Waals surface area contributed by atoms with Gasteiger partial charge in [0, 0.05) is 54.4 Å². The van der Waals surface area contributed by atoms with Gasteiger partial charge in [-0.05, 0) is 124 Å². The average molecular weight is 1380 g/mol. The van der Waals surface area contributed by atoms with Crippen molar-refractivity contribution in [1.29, 1.82) is 0 Å². The van der Waals surface area contributed by atoms with Crippen LogP contribution in [0.2, 0.25) is 0 Å². The summed E-state index contributed by atoms with van der Waals surface area (Å²) < 4.78 is 88.2. The molecule has 11 rings (SSSR count). The molecular formula is C64H77Cl2N9O17S2. The van der Waals surface area contributed by atoms with Gasteiger partial charge < -0.3 is 54.6 Å². The van der Waals surface area contributed by atoms with Crippen molar-refractivity contribution in [2.24, 2.45) is 11.8 Å². The van der Waals surface area contributed by atoms with E-state index in [4.69, 9.17) is 28.4 Å². The number of alkyl carbamates (subject to hydrolysis) is 1. The minimum Gasteiger partial charge on any atom is -0.497 e. The minimum absolute atomic E-state index is 0. The number of hydrogen-bond acceptors (Lipinski definition) is 20. The Balaban J connectivity index is 0.000000262. The predicted molar refractivity (Wildman–Crippen MR) is 349 cm³/mol. The molecule has 6 amide bonds. The molecule has 6 N–H and O–H groups in total. The summed E-state index contributed by atoms with van der Waals surface area (Å²) in [5.41, 5.74) is -3.19. The Labute approximate surface area is 556 Å². The van der Waals surface area contributed by atoms with E-state index in [1.165, 1.54) is 11.0 Å². The van der Waals surface area contributed by atoms with E-state index in [-0.39, 0.29) is 74.6 Å². The number of rotatable bonds is 24. The molecular weight excluding hydrogens is 1300 g/mol. The van der Waals surface area contributed by atoms with Crippen molar-refractivity contribution in [1.82, 2.24) is 45.6 Å². The van der Waals surface area contributed by atoms with E-state index in [0.717, 1.165) is 21.9 Å². The van der Waals surface area contributed by atoms with E-state index in [1.807, 2.05) is 30.3 Å². The highest BCUT2D eigenvalue weighted by Crippen LogP contribution is 2.47. The van der Waals surface area contributed by atoms with Gasteiger partial charge in [-0.3, -0.25) is 38.2 Å². The summed E-state index contributed by atoms with van der Waals surface area (Å²) in [4.78, 5) is 105. The second-order valence-corrected chi connectivity index (χ2v) is 28.7. The Kier molecular flexibility index (Phi) is 22.2. The number of pyridine rings is 2. The molecule has 2 aliphatic heterocycles. The Morgan fingerprint density at radius 1 is 0.702 bits per heavy atom. The number of aromatic nitrogens is 2. The van der Waals surface area contributed by atoms with Crippen molar-refractivity contribution in [3.63, 3.8) is 0 Å². The smallest absolute Gasteiger partial charge is 0.408 e. The van der Waals surface area contributed by atoms with Crippen LogP contribution in [0.15, 0.2) is 117 Å². The lowest BCUT2D eigenvalue weighted by molar-refractivity contribution is -0.149. The maximum atomic E-state index is 14.6. The van der Waals surface area contributed by atoms with Crippen LogP contribution in [0.1, 0.15) is 84.1 Å². The van der Waals surface area contributed by atoms with Crippen molar-refractivity contribution >= 4 is 108 Å². The number of carbonyl (C=O) groups excluding carboxylic acids is 7. The SMILES string of the molecule is C=C[C@@H]1C[C@]1(NC(=O)[C@@H]1C[C@@H](Oc2nccc3cc(OC)ccc23)CN1)C(=O)NS(=O)(=O)C1CC1.C=C[C@@H]1C[C@]1(NC(=O)[C@@H]1C[C@@H](Oc2nccc3cc(OC)ccc23)CN1C(=O)[C@H](CC(=O)OCc1ccccc1)NC(=O)OC(C)(C)C)C(=O)NS(=O)(=O)C1CC1.Cl.Cl. The highest BCUT2D eigenvalue weighted by atomic mass is 35.5. The number of hydrogen-bond donors (Lipinski definition) is 6. The second kappa shape index (κ2) is 29.1. The lowest BCUT2D eigenvalue weighted by Gasteiger charge is -2.30. The number of amides is 6. The summed E-state index contributed by atoms with van der Waals surface area (Å²) in [6.45, 7) is 12.5. The summed E-state index contributed by atoms with van der Waals surface area (Å²) in [5, 5.41) is 13.1. The molecule has 0 unspecified atom stereocenters. The summed E-state index contributed by atoms with van der Waals surface area (Å²) in [6, 6.07) is 20.0. The van der Waals surface area contributed by atoms with Crippen LogP contribution in [0, 0.1) is 11.8 Å². The molecule has 5 aromatic rings. The molecule has 0 spiro atoms. The van der Waals surface area contributed by atoms with Crippen LogP contribution in [-0.4, -0.2) is 158 Å². The Bertz CT molecular complexity index is 3950. The number of benzene rings is 3. The highest BCUT2D eigenvalue weighted by molar-refractivity contribution is 7.91. The van der Waals surface area contributed by atoms with Crippen LogP contribution in [0.3, 0.4) is 0 Å². The first-order valence-electron chi connectivity index (χ1n) is 30.2. The number of likely N-dealkylation sites (tertiary alicyclic amines) is 1. The van der Waals surface area contributed by atoms with Gasteiger partial charge in [0.25, 0.3) is 11.8 Å². The molecule has 0 radical (unpaired) electrons. The molecule has 4 saturated carbocycles. The number of fused-ring (bicyclic) bond motifs is 2.